The normalized spacial score (nSPS) is 54.9. The van der Waals surface area contributed by atoms with Crippen LogP contribution < -0.4 is 0 Å². The Kier molecular flexibility index (Phi) is 11.0. The van der Waals surface area contributed by atoms with Crippen LogP contribution in [0.1, 0.15) is 99.8 Å². The molecule has 0 aromatic heterocycles. The minimum atomic E-state index is -1.73. The maximum atomic E-state index is 12.0. The third-order valence-electron chi connectivity index (χ3n) is 16.8. The molecule has 7 aliphatic rings. The molecular weight excluding hydrogens is 712 g/mol. The van der Waals surface area contributed by atoms with Crippen molar-refractivity contribution in [1.82, 2.24) is 0 Å². The van der Waals surface area contributed by atoms with Crippen LogP contribution in [0, 0.1) is 44.3 Å². The highest BCUT2D eigenvalue weighted by Crippen LogP contribution is 2.74. The molecule has 13 heteroatoms. The van der Waals surface area contributed by atoms with Crippen molar-refractivity contribution >= 4 is 0 Å². The van der Waals surface area contributed by atoms with E-state index < -0.39 is 91.1 Å². The van der Waals surface area contributed by atoms with Gasteiger partial charge in [-0.3, -0.25) is 0 Å². The number of hydrogen-bond donors (Lipinski definition) is 9. The van der Waals surface area contributed by atoms with Crippen LogP contribution in [0.5, 0.6) is 0 Å². The molecule has 5 fully saturated rings. The summed E-state index contributed by atoms with van der Waals surface area (Å²) in [6.45, 7) is 14.4. The van der Waals surface area contributed by atoms with Crippen molar-refractivity contribution in [1.29, 1.82) is 0 Å². The lowest BCUT2D eigenvalue weighted by Gasteiger charge is -2.70. The summed E-state index contributed by atoms with van der Waals surface area (Å²) in [6, 6.07) is 0. The van der Waals surface area contributed by atoms with Gasteiger partial charge in [0.2, 0.25) is 0 Å². The van der Waals surface area contributed by atoms with Gasteiger partial charge in [-0.25, -0.2) is 0 Å². The van der Waals surface area contributed by atoms with Gasteiger partial charge in [0.25, 0.3) is 0 Å². The van der Waals surface area contributed by atoms with Gasteiger partial charge >= 0.3 is 0 Å². The van der Waals surface area contributed by atoms with Crippen LogP contribution in [0.2, 0.25) is 0 Å². The van der Waals surface area contributed by atoms with Crippen LogP contribution in [-0.2, 0) is 18.9 Å². The lowest BCUT2D eigenvalue weighted by atomic mass is 9.35. The van der Waals surface area contributed by atoms with Crippen LogP contribution in [0.25, 0.3) is 0 Å². The van der Waals surface area contributed by atoms with Crippen LogP contribution >= 0.6 is 0 Å². The number of allylic oxidation sites excluding steroid dienone is 3. The summed E-state index contributed by atoms with van der Waals surface area (Å²) in [5.74, 6) is 0.154. The fraction of sp³-hybridized carbons (Fsp3) is 0.905. The first-order chi connectivity index (χ1) is 25.7. The smallest absolute Gasteiger partial charge is 0.187 e. The molecule has 0 amide bonds. The van der Waals surface area contributed by atoms with E-state index in [2.05, 4.69) is 46.8 Å². The molecule has 55 heavy (non-hydrogen) atoms. The highest BCUT2D eigenvalue weighted by Gasteiger charge is 2.69. The maximum absolute atomic E-state index is 12.0. The van der Waals surface area contributed by atoms with E-state index in [4.69, 9.17) is 18.9 Å². The standard InChI is InChI=1S/C42H68O13/c1-21-29(47)34(55-35-32(50)31(49)30(48)24(18-43)53-35)33(51)36(52-21)54-28-11-12-38(4)25(39(28,5)19-44)10-13-40(6)26(38)9-8-22-23-16-37(2,3)14-15-42(23,20-45)27(46)17-41(22,40)7/h8-9,21,24-36,43-51H,10-20H2,1-7H3/t21-,24-,25-,26-,27-,28+,29+,30-,31+,32-,33-,34+,35+,36+,38+,39+,40-,41-,42-/m0/s1. The molecule has 3 saturated carbocycles. The summed E-state index contributed by atoms with van der Waals surface area (Å²) in [5.41, 5.74) is 0.476. The first kappa shape index (κ1) is 42.1. The molecule has 0 aromatic rings. The second-order valence-corrected chi connectivity index (χ2v) is 20.3. The molecule has 19 atom stereocenters. The van der Waals surface area contributed by atoms with Crippen LogP contribution in [0.3, 0.4) is 0 Å². The number of rotatable bonds is 7. The summed E-state index contributed by atoms with van der Waals surface area (Å²) >= 11 is 0. The third-order valence-corrected chi connectivity index (χ3v) is 16.8. The van der Waals surface area contributed by atoms with Gasteiger partial charge in [0.1, 0.15) is 42.7 Å². The van der Waals surface area contributed by atoms with Crippen molar-refractivity contribution in [3.05, 3.63) is 23.3 Å². The van der Waals surface area contributed by atoms with Gasteiger partial charge in [-0.05, 0) is 91.9 Å². The van der Waals surface area contributed by atoms with Crippen molar-refractivity contribution in [3.63, 3.8) is 0 Å². The van der Waals surface area contributed by atoms with Crippen molar-refractivity contribution in [3.8, 4) is 0 Å². The summed E-state index contributed by atoms with van der Waals surface area (Å²) in [7, 11) is 0. The lowest BCUT2D eigenvalue weighted by molar-refractivity contribution is -0.367. The van der Waals surface area contributed by atoms with E-state index in [0.29, 0.717) is 12.8 Å². The summed E-state index contributed by atoms with van der Waals surface area (Å²) in [5, 5.41) is 97.6. The molecule has 2 aliphatic heterocycles. The van der Waals surface area contributed by atoms with Crippen LogP contribution in [-0.4, -0.2) is 139 Å². The molecule has 9 N–H and O–H groups in total. The highest BCUT2D eigenvalue weighted by molar-refractivity contribution is 5.47. The Morgan fingerprint density at radius 2 is 1.44 bits per heavy atom. The van der Waals surface area contributed by atoms with Crippen molar-refractivity contribution in [2.75, 3.05) is 19.8 Å². The predicted octanol–water partition coefficient (Wildman–Crippen LogP) is 1.68. The molecule has 0 aromatic carbocycles. The average Bonchev–Trinajstić information content (AvgIpc) is 3.13. The molecule has 5 aliphatic carbocycles. The Morgan fingerprint density at radius 3 is 2.09 bits per heavy atom. The minimum absolute atomic E-state index is 0.0212. The zero-order chi connectivity index (χ0) is 40.3. The topological polar surface area (TPSA) is 219 Å². The molecule has 0 bridgehead atoms. The van der Waals surface area contributed by atoms with E-state index in [1.807, 2.05) is 6.92 Å². The Balaban J connectivity index is 1.15. The quantitative estimate of drug-likeness (QED) is 0.168. The lowest BCUT2D eigenvalue weighted by Crippen LogP contribution is -2.67. The van der Waals surface area contributed by atoms with Crippen LogP contribution in [0.4, 0.5) is 0 Å². The van der Waals surface area contributed by atoms with Gasteiger partial charge in [0.05, 0.1) is 38.1 Å². The number of hydrogen-bond acceptors (Lipinski definition) is 13. The Morgan fingerprint density at radius 1 is 0.745 bits per heavy atom. The van der Waals surface area contributed by atoms with Gasteiger partial charge in [-0.1, -0.05) is 59.3 Å². The first-order valence-corrected chi connectivity index (χ1v) is 20.6. The first-order valence-electron chi connectivity index (χ1n) is 20.6. The van der Waals surface area contributed by atoms with Crippen molar-refractivity contribution in [2.45, 2.75) is 173 Å². The van der Waals surface area contributed by atoms with E-state index in [0.717, 1.165) is 38.5 Å². The molecule has 0 spiro atoms. The molecule has 13 nitrogen and oxygen atoms in total. The monoisotopic (exact) mass is 780 g/mol. The zero-order valence-corrected chi connectivity index (χ0v) is 33.7. The summed E-state index contributed by atoms with van der Waals surface area (Å²) < 4.78 is 24.0. The van der Waals surface area contributed by atoms with Crippen LogP contribution in [0.15, 0.2) is 23.3 Å². The Hall–Kier alpha value is -1.04. The van der Waals surface area contributed by atoms with Gasteiger partial charge in [-0.2, -0.15) is 0 Å². The molecule has 0 unspecified atom stereocenters. The summed E-state index contributed by atoms with van der Waals surface area (Å²) in [6.07, 6.45) is -4.63. The van der Waals surface area contributed by atoms with E-state index in [-0.39, 0.29) is 46.7 Å². The van der Waals surface area contributed by atoms with E-state index in [1.165, 1.54) is 11.1 Å². The third kappa shape index (κ3) is 6.12. The highest BCUT2D eigenvalue weighted by atomic mass is 16.7. The van der Waals surface area contributed by atoms with E-state index in [1.54, 1.807) is 6.92 Å². The van der Waals surface area contributed by atoms with Gasteiger partial charge in [0.15, 0.2) is 12.6 Å². The number of aliphatic hydroxyl groups is 9. The number of aliphatic hydroxyl groups excluding tert-OH is 9. The molecule has 2 heterocycles. The molecule has 314 valence electrons. The van der Waals surface area contributed by atoms with Crippen molar-refractivity contribution in [2.24, 2.45) is 44.3 Å². The van der Waals surface area contributed by atoms with E-state index in [9.17, 15) is 46.0 Å². The SMILES string of the molecule is C[C@@H]1O[C@H](O[C@@H]2CC[C@]3(C)[C@H](CC[C@@]4(C)[C@H]3C=CC3=C5CC(C)(C)CC[C@@]5(CO)[C@@H](O)C[C@@]34C)[C@@]2(C)CO)[C@@H](O)[C@H](O[C@H]2O[C@@H](CO)[C@H](O)[C@@H](O)[C@@H]2O)[C@@H]1O. The minimum Gasteiger partial charge on any atom is -0.396 e. The fourth-order valence-electron chi connectivity index (χ4n) is 13.0. The Labute approximate surface area is 325 Å². The van der Waals surface area contributed by atoms with Gasteiger partial charge in [-0.15, -0.1) is 0 Å². The average molecular weight is 781 g/mol. The second kappa shape index (κ2) is 14.3. The van der Waals surface area contributed by atoms with Gasteiger partial charge in [0, 0.05) is 16.2 Å². The second-order valence-electron chi connectivity index (χ2n) is 20.3. The largest absolute Gasteiger partial charge is 0.396 e. The zero-order valence-electron chi connectivity index (χ0n) is 33.7. The predicted molar refractivity (Wildman–Crippen MR) is 199 cm³/mol. The molecule has 7 rings (SSSR count). The van der Waals surface area contributed by atoms with E-state index >= 15 is 0 Å². The Bertz CT molecular complexity index is 1500. The number of ether oxygens (including phenoxy) is 4. The molecule has 2 saturated heterocycles. The van der Waals surface area contributed by atoms with Crippen molar-refractivity contribution < 1.29 is 64.9 Å². The fourth-order valence-corrected chi connectivity index (χ4v) is 13.0. The molecule has 0 radical (unpaired) electrons. The van der Waals surface area contributed by atoms with Gasteiger partial charge < -0.3 is 64.9 Å². The maximum Gasteiger partial charge on any atom is 0.187 e. The number of fused-ring (bicyclic) bond motifs is 6. The summed E-state index contributed by atoms with van der Waals surface area (Å²) in [4.78, 5) is 0. The molecular formula is C42H68O13.